The Morgan fingerprint density at radius 1 is 0.773 bits per heavy atom. The van der Waals surface area contributed by atoms with Crippen molar-refractivity contribution in [3.05, 3.63) is 122 Å². The van der Waals surface area contributed by atoms with Crippen LogP contribution in [0.25, 0.3) is 33.5 Å². The molecule has 35 nitrogen and oxygen atoms in total. The highest BCUT2D eigenvalue weighted by Crippen LogP contribution is 2.36. The van der Waals surface area contributed by atoms with Crippen LogP contribution < -0.4 is 45.0 Å². The second-order valence-electron chi connectivity index (χ2n) is 20.6. The first-order chi connectivity index (χ1) is 42.2. The molecule has 0 aromatic carbocycles. The Bertz CT molecular complexity index is 4050. The summed E-state index contributed by atoms with van der Waals surface area (Å²) in [6, 6.07) is 2.19. The van der Waals surface area contributed by atoms with Gasteiger partial charge in [-0.1, -0.05) is 18.2 Å². The lowest BCUT2D eigenvalue weighted by molar-refractivity contribution is -0.0207. The van der Waals surface area contributed by atoms with Crippen molar-refractivity contribution < 1.29 is 53.7 Å². The number of H-pyrrole nitrogens is 2. The minimum absolute atomic E-state index is 0.0111. The molecule has 13 rings (SSSR count). The predicted molar refractivity (Wildman–Crippen MR) is 318 cm³/mol. The summed E-state index contributed by atoms with van der Waals surface area (Å²) < 4.78 is 40.3. The number of thioether (sulfide) groups is 1. The number of ether oxygens (including phenoxy) is 4. The van der Waals surface area contributed by atoms with Crippen molar-refractivity contribution in [1.29, 1.82) is 0 Å². The molecule has 9 atom stereocenters. The van der Waals surface area contributed by atoms with E-state index < -0.39 is 49.3 Å². The highest BCUT2D eigenvalue weighted by atomic mass is 32.2. The normalized spacial score (nSPS) is 22.4. The molecule has 3 aliphatic heterocycles. The topological polar surface area (TPSA) is 506 Å². The fraction of sp³-hybridized carbons (Fsp3) is 0.471. The van der Waals surface area contributed by atoms with E-state index in [0.29, 0.717) is 46.2 Å². The standard InChI is InChI=1S/C14H18N6O.C10H12N4O3.C10H12N2O4.C9H14N5O4P.C8H11N3O3S/c15-14-18-12(17-9-2-3-9)11-13(19-14)20(7-16-11)10-4-1-8(5-10)6-21;15-3-6-1-2-7(17-6)14-5-13-8-9(14)11-4-12-10(8)16;1-6-4-12(10(15)11-9(6)14)8-3-2-7(5-13)16-8;1-6(18-5-19(15,16)17)2-14-4-13-7-8(10)11-3-12-9(7)14;9-5-1-2-11(8(13)10-5)6-4-15-7(3-12)14-6/h1,4,7-10,21H,2-3,5-6H2,(H3,15,17,18,19);4-7,15H,1-3H2,(H,11,12,16);2-4,7-8,13H,5H2,1H3,(H,11,14,15);3-4,6H,2,5H2,1H3,(H2,10,11,12)(H2,15,16,17);1-2,6-7,12H,3-4H2,(H2,9,10,13)/t8-,10+;6-,7+;7-,8+;6-;6-,7+/m10011/s1. The molecule has 37 heteroatoms. The second-order valence-corrected chi connectivity index (χ2v) is 23.4. The van der Waals surface area contributed by atoms with Crippen molar-refractivity contribution in [2.24, 2.45) is 5.92 Å². The van der Waals surface area contributed by atoms with E-state index in [-0.39, 0.29) is 85.5 Å². The third-order valence-electron chi connectivity index (χ3n) is 13.9. The molecule has 8 aromatic heterocycles. The maximum atomic E-state index is 11.5. The van der Waals surface area contributed by atoms with Crippen LogP contribution in [-0.4, -0.2) is 176 Å². The van der Waals surface area contributed by atoms with Crippen LogP contribution in [0.2, 0.25) is 0 Å². The molecule has 8 aromatic rings. The molecule has 1 saturated carbocycles. The zero-order valence-corrected chi connectivity index (χ0v) is 49.1. The van der Waals surface area contributed by atoms with Gasteiger partial charge >= 0.3 is 19.0 Å². The van der Waals surface area contributed by atoms with Gasteiger partial charge in [0.15, 0.2) is 45.8 Å². The second kappa shape index (κ2) is 28.8. The van der Waals surface area contributed by atoms with Gasteiger partial charge in [-0.25, -0.2) is 39.5 Å². The maximum absolute atomic E-state index is 11.5. The largest absolute Gasteiger partial charge is 0.396 e. The first kappa shape index (κ1) is 64.3. The number of aliphatic hydroxyl groups is 4. The zero-order valence-electron chi connectivity index (χ0n) is 47.4. The molecule has 0 bridgehead atoms. The number of allylic oxidation sites excluding steroid dienone is 1. The molecule has 0 spiro atoms. The van der Waals surface area contributed by atoms with Crippen molar-refractivity contribution >= 4 is 76.3 Å². The number of aryl methyl sites for hydroxylation is 1. The summed E-state index contributed by atoms with van der Waals surface area (Å²) in [6.07, 6.45) is 20.1. The monoisotopic (exact) mass is 1260 g/mol. The molecule has 2 aliphatic carbocycles. The van der Waals surface area contributed by atoms with Crippen molar-refractivity contribution in [1.82, 2.24) is 77.7 Å². The van der Waals surface area contributed by atoms with Gasteiger partial charge in [0, 0.05) is 42.3 Å². The Hall–Kier alpha value is -8.13. The first-order valence-electron chi connectivity index (χ1n) is 27.5. The van der Waals surface area contributed by atoms with E-state index in [0.717, 1.165) is 49.1 Å². The lowest BCUT2D eigenvalue weighted by Crippen LogP contribution is -2.33. The van der Waals surface area contributed by atoms with Gasteiger partial charge in [-0.05, 0) is 58.1 Å². The molecular formula is C51H67N20O15PS. The molecule has 0 unspecified atom stereocenters. The molecular weight excluding hydrogens is 1200 g/mol. The maximum Gasteiger partial charge on any atom is 0.351 e. The summed E-state index contributed by atoms with van der Waals surface area (Å²) in [7, 11) is -4.16. The lowest BCUT2D eigenvalue weighted by atomic mass is 10.1. The minimum Gasteiger partial charge on any atom is -0.396 e. The Labute approximate surface area is 501 Å². The molecule has 3 fully saturated rings. The number of fused-ring (bicyclic) bond motifs is 3. The summed E-state index contributed by atoms with van der Waals surface area (Å²) in [5.74, 6) is 2.29. The van der Waals surface area contributed by atoms with E-state index in [1.165, 1.54) is 46.1 Å². The highest BCUT2D eigenvalue weighted by Gasteiger charge is 2.30. The molecule has 11 heterocycles. The third kappa shape index (κ3) is 16.1. The number of imidazole rings is 3. The van der Waals surface area contributed by atoms with Crippen molar-refractivity contribution in [2.75, 3.05) is 61.0 Å². The minimum atomic E-state index is -4.16. The van der Waals surface area contributed by atoms with Gasteiger partial charge < -0.3 is 85.8 Å². The molecule has 0 radical (unpaired) electrons. The van der Waals surface area contributed by atoms with Crippen LogP contribution in [0.3, 0.4) is 0 Å². The van der Waals surface area contributed by atoms with Gasteiger partial charge in [0.2, 0.25) is 5.95 Å². The molecule has 0 amide bonds. The Kier molecular flexibility index (Phi) is 21.1. The van der Waals surface area contributed by atoms with Crippen LogP contribution in [0, 0.1) is 12.8 Å². The van der Waals surface area contributed by atoms with Crippen LogP contribution in [-0.2, 0) is 30.1 Å². The van der Waals surface area contributed by atoms with Gasteiger partial charge in [0.25, 0.3) is 11.1 Å². The van der Waals surface area contributed by atoms with Gasteiger partial charge in [0.1, 0.15) is 48.0 Å². The summed E-state index contributed by atoms with van der Waals surface area (Å²) in [5, 5.41) is 39.4. The van der Waals surface area contributed by atoms with Gasteiger partial charge in [-0.3, -0.25) is 32.8 Å². The number of aromatic nitrogens is 16. The number of rotatable bonds is 15. The molecule has 472 valence electrons. The van der Waals surface area contributed by atoms with Crippen LogP contribution >= 0.6 is 19.4 Å². The number of nitrogen functional groups attached to an aromatic ring is 3. The predicted octanol–water partition coefficient (Wildman–Crippen LogP) is -0.473. The van der Waals surface area contributed by atoms with E-state index in [1.807, 2.05) is 10.6 Å². The Balaban J connectivity index is 0.000000132. The number of hydrogen-bond acceptors (Lipinski definition) is 27. The summed E-state index contributed by atoms with van der Waals surface area (Å²) in [6.45, 7) is 3.65. The number of hydrogen-bond donors (Lipinski definition) is 12. The van der Waals surface area contributed by atoms with Crippen LogP contribution in [0.4, 0.5) is 23.4 Å². The quantitative estimate of drug-likeness (QED) is 0.0456. The lowest BCUT2D eigenvalue weighted by Gasteiger charge is -2.14. The van der Waals surface area contributed by atoms with E-state index in [1.54, 1.807) is 60.1 Å². The highest BCUT2D eigenvalue weighted by molar-refractivity contribution is 8.00. The fourth-order valence-electron chi connectivity index (χ4n) is 9.33. The molecule has 15 N–H and O–H groups in total. The number of aromatic amines is 2. The van der Waals surface area contributed by atoms with E-state index >= 15 is 0 Å². The van der Waals surface area contributed by atoms with Crippen molar-refractivity contribution in [2.45, 2.75) is 107 Å². The molecule has 88 heavy (non-hydrogen) atoms. The van der Waals surface area contributed by atoms with Crippen LogP contribution in [0.1, 0.15) is 69.3 Å². The summed E-state index contributed by atoms with van der Waals surface area (Å²) in [4.78, 5) is 104. The average molecular weight is 1260 g/mol. The van der Waals surface area contributed by atoms with Gasteiger partial charge in [-0.2, -0.15) is 15.0 Å². The smallest absolute Gasteiger partial charge is 0.351 e. The summed E-state index contributed by atoms with van der Waals surface area (Å²) >= 11 is 1.47. The van der Waals surface area contributed by atoms with Gasteiger partial charge in [-0.15, -0.1) is 11.8 Å². The van der Waals surface area contributed by atoms with E-state index in [9.17, 15) is 28.8 Å². The van der Waals surface area contributed by atoms with Crippen LogP contribution in [0.15, 0.2) is 93.6 Å². The number of nitrogens with zero attached hydrogens (tertiary/aromatic N) is 14. The average Bonchev–Trinajstić information content (AvgIpc) is 1.96. The summed E-state index contributed by atoms with van der Waals surface area (Å²) in [5.41, 5.74) is 18.8. The number of anilines is 4. The molecule has 5 aliphatic rings. The third-order valence-corrected chi connectivity index (χ3v) is 15.5. The number of aliphatic hydroxyl groups excluding tert-OH is 4. The number of nitrogens with two attached hydrogens (primary N) is 3. The number of nitrogens with one attached hydrogen (secondary N) is 3. The van der Waals surface area contributed by atoms with E-state index in [4.69, 9.17) is 61.3 Å². The van der Waals surface area contributed by atoms with Gasteiger partial charge in [0.05, 0.1) is 69.9 Å². The van der Waals surface area contributed by atoms with Crippen molar-refractivity contribution in [3.8, 4) is 0 Å². The van der Waals surface area contributed by atoms with E-state index in [2.05, 4.69) is 66.2 Å². The van der Waals surface area contributed by atoms with Crippen LogP contribution in [0.5, 0.6) is 0 Å². The SMILES string of the molecule is C[C@H](Cn1cnc2c(N)ncnc21)OCP(=O)(O)O.Cc1cn([C@H]2C=C[C@@H](CO)O2)c(=O)[nH]c1=O.Nc1ccn([C@H]2CS[C@@H](CO)O2)c(=O)n1.Nc1nc(NC2CC2)c2ncn([C@H]3C=C[C@@H](CO)C3)c2n1.O=c1[nH]cnc2c1ncn2[C@H]1CC[C@@H](CO)O1. The first-order valence-corrected chi connectivity index (χ1v) is 30.4. The van der Waals surface area contributed by atoms with Crippen molar-refractivity contribution in [3.63, 3.8) is 0 Å². The Morgan fingerprint density at radius 2 is 1.55 bits per heavy atom. The Morgan fingerprint density at radius 3 is 2.23 bits per heavy atom. The zero-order chi connectivity index (χ0) is 62.8. The fourth-order valence-corrected chi connectivity index (χ4v) is 10.7. The molecule has 2 saturated heterocycles.